The number of hydrogen-bond donors (Lipinski definition) is 2. The molecule has 2 aromatic rings. The van der Waals surface area contributed by atoms with Gasteiger partial charge >= 0.3 is 0 Å². The van der Waals surface area contributed by atoms with Gasteiger partial charge in [0.15, 0.2) is 5.11 Å². The van der Waals surface area contributed by atoms with Gasteiger partial charge in [-0.2, -0.15) is 0 Å². The van der Waals surface area contributed by atoms with Crippen LogP contribution >= 0.6 is 12.2 Å². The number of benzene rings is 2. The maximum absolute atomic E-state index is 10.9. The van der Waals surface area contributed by atoms with Crippen molar-refractivity contribution in [3.8, 4) is 5.75 Å². The van der Waals surface area contributed by atoms with Crippen molar-refractivity contribution in [2.45, 2.75) is 19.8 Å². The number of methoxy groups -OCH3 is 1. The number of anilines is 2. The van der Waals surface area contributed by atoms with Crippen molar-refractivity contribution in [1.29, 1.82) is 0 Å². The average molecular weight is 345 g/mol. The molecule has 0 bridgehead atoms. The molecule has 126 valence electrons. The van der Waals surface area contributed by atoms with Crippen LogP contribution in [-0.4, -0.2) is 17.1 Å². The summed E-state index contributed by atoms with van der Waals surface area (Å²) in [5, 5.41) is 17.2. The summed E-state index contributed by atoms with van der Waals surface area (Å²) in [6.45, 7) is 4.26. The van der Waals surface area contributed by atoms with E-state index in [1.807, 2.05) is 24.3 Å². The molecule has 7 heteroatoms. The van der Waals surface area contributed by atoms with Crippen molar-refractivity contribution < 1.29 is 9.66 Å². The van der Waals surface area contributed by atoms with Gasteiger partial charge in [-0.3, -0.25) is 10.1 Å². The van der Waals surface area contributed by atoms with Gasteiger partial charge in [-0.05, 0) is 41.9 Å². The Hall–Kier alpha value is -2.67. The molecule has 0 aliphatic carbocycles. The van der Waals surface area contributed by atoms with Gasteiger partial charge in [0.1, 0.15) is 5.75 Å². The van der Waals surface area contributed by atoms with E-state index in [1.165, 1.54) is 30.9 Å². The minimum atomic E-state index is -0.467. The molecule has 24 heavy (non-hydrogen) atoms. The van der Waals surface area contributed by atoms with Gasteiger partial charge < -0.3 is 15.4 Å². The molecule has 0 aliphatic heterocycles. The smallest absolute Gasteiger partial charge is 0.271 e. The molecule has 0 fully saturated rings. The van der Waals surface area contributed by atoms with Gasteiger partial charge in [0.25, 0.3) is 5.69 Å². The number of non-ortho nitro benzene ring substituents is 1. The minimum absolute atomic E-state index is 0.0395. The van der Waals surface area contributed by atoms with E-state index in [0.29, 0.717) is 22.5 Å². The van der Waals surface area contributed by atoms with E-state index in [-0.39, 0.29) is 5.69 Å². The number of rotatable bonds is 5. The highest BCUT2D eigenvalue weighted by molar-refractivity contribution is 7.80. The minimum Gasteiger partial charge on any atom is -0.495 e. The number of nitro groups is 1. The van der Waals surface area contributed by atoms with Gasteiger partial charge in [-0.15, -0.1) is 0 Å². The number of thiocarbonyl (C=S) groups is 1. The number of ether oxygens (including phenoxy) is 1. The third kappa shape index (κ3) is 4.42. The van der Waals surface area contributed by atoms with Crippen LogP contribution in [0.15, 0.2) is 42.5 Å². The molecule has 0 unspecified atom stereocenters. The summed E-state index contributed by atoms with van der Waals surface area (Å²) >= 11 is 5.27. The van der Waals surface area contributed by atoms with E-state index in [2.05, 4.69) is 24.5 Å². The first-order valence-electron chi connectivity index (χ1n) is 7.41. The second kappa shape index (κ2) is 7.74. The predicted octanol–water partition coefficient (Wildman–Crippen LogP) is 4.54. The molecule has 2 aromatic carbocycles. The maximum Gasteiger partial charge on any atom is 0.271 e. The van der Waals surface area contributed by atoms with Gasteiger partial charge in [0, 0.05) is 17.8 Å². The molecule has 0 saturated heterocycles. The Labute approximate surface area is 146 Å². The van der Waals surface area contributed by atoms with E-state index in [1.54, 1.807) is 0 Å². The molecule has 0 radical (unpaired) electrons. The van der Waals surface area contributed by atoms with Crippen LogP contribution in [0.2, 0.25) is 0 Å². The molecule has 0 saturated carbocycles. The lowest BCUT2D eigenvalue weighted by Crippen LogP contribution is -2.19. The fourth-order valence-electron chi connectivity index (χ4n) is 2.14. The van der Waals surface area contributed by atoms with Crippen molar-refractivity contribution in [2.75, 3.05) is 17.7 Å². The van der Waals surface area contributed by atoms with Crippen LogP contribution in [0.4, 0.5) is 17.1 Å². The summed E-state index contributed by atoms with van der Waals surface area (Å²) in [4.78, 5) is 10.4. The van der Waals surface area contributed by atoms with Crippen LogP contribution in [0.1, 0.15) is 25.3 Å². The third-order valence-electron chi connectivity index (χ3n) is 3.48. The summed E-state index contributed by atoms with van der Waals surface area (Å²) in [6.07, 6.45) is 0. The molecule has 2 rings (SSSR count). The second-order valence-electron chi connectivity index (χ2n) is 5.50. The first-order chi connectivity index (χ1) is 11.4. The van der Waals surface area contributed by atoms with Crippen molar-refractivity contribution in [2.24, 2.45) is 0 Å². The van der Waals surface area contributed by atoms with Gasteiger partial charge in [-0.1, -0.05) is 26.0 Å². The zero-order chi connectivity index (χ0) is 17.7. The van der Waals surface area contributed by atoms with Crippen LogP contribution in [0.3, 0.4) is 0 Å². The molecule has 0 atom stereocenters. The Morgan fingerprint density at radius 1 is 1.17 bits per heavy atom. The van der Waals surface area contributed by atoms with Crippen LogP contribution in [-0.2, 0) is 0 Å². The number of nitrogens with zero attached hydrogens (tertiary/aromatic N) is 1. The first-order valence-corrected chi connectivity index (χ1v) is 7.82. The van der Waals surface area contributed by atoms with E-state index >= 15 is 0 Å². The molecular formula is C17H19N3O3S. The standard InChI is InChI=1S/C17H19N3O3S/c1-11(2)12-4-6-13(7-5-12)18-17(24)19-15-10-14(20(21)22)8-9-16(15)23-3/h4-11H,1-3H3,(H2,18,19,24). The van der Waals surface area contributed by atoms with Crippen LogP contribution in [0, 0.1) is 10.1 Å². The van der Waals surface area contributed by atoms with Crippen molar-refractivity contribution in [3.05, 3.63) is 58.1 Å². The lowest BCUT2D eigenvalue weighted by molar-refractivity contribution is -0.384. The number of hydrogen-bond acceptors (Lipinski definition) is 4. The van der Waals surface area contributed by atoms with Gasteiger partial charge in [0.05, 0.1) is 17.7 Å². The molecule has 6 nitrogen and oxygen atoms in total. The van der Waals surface area contributed by atoms with Gasteiger partial charge in [-0.25, -0.2) is 0 Å². The van der Waals surface area contributed by atoms with E-state index < -0.39 is 4.92 Å². The molecule has 0 amide bonds. The maximum atomic E-state index is 10.9. The largest absolute Gasteiger partial charge is 0.495 e. The summed E-state index contributed by atoms with van der Waals surface area (Å²) < 4.78 is 5.20. The topological polar surface area (TPSA) is 76.4 Å². The Morgan fingerprint density at radius 3 is 2.38 bits per heavy atom. The fourth-order valence-corrected chi connectivity index (χ4v) is 2.37. The molecule has 0 aromatic heterocycles. The summed E-state index contributed by atoms with van der Waals surface area (Å²) in [7, 11) is 1.49. The molecule has 0 aliphatic rings. The Bertz CT molecular complexity index is 745. The zero-order valence-corrected chi connectivity index (χ0v) is 14.5. The fraction of sp³-hybridized carbons (Fsp3) is 0.235. The van der Waals surface area contributed by atoms with Crippen LogP contribution in [0.5, 0.6) is 5.75 Å². The van der Waals surface area contributed by atoms with Crippen molar-refractivity contribution >= 4 is 34.4 Å². The SMILES string of the molecule is COc1ccc([N+](=O)[O-])cc1NC(=S)Nc1ccc(C(C)C)cc1. The molecular weight excluding hydrogens is 326 g/mol. The Balaban J connectivity index is 2.11. The average Bonchev–Trinajstić information content (AvgIpc) is 2.55. The summed E-state index contributed by atoms with van der Waals surface area (Å²) in [5.41, 5.74) is 2.46. The monoisotopic (exact) mass is 345 g/mol. The van der Waals surface area contributed by atoms with E-state index in [0.717, 1.165) is 5.69 Å². The second-order valence-corrected chi connectivity index (χ2v) is 5.91. The Morgan fingerprint density at radius 2 is 1.83 bits per heavy atom. The lowest BCUT2D eigenvalue weighted by Gasteiger charge is -2.14. The van der Waals surface area contributed by atoms with Gasteiger partial charge in [0.2, 0.25) is 0 Å². The van der Waals surface area contributed by atoms with Crippen LogP contribution in [0.25, 0.3) is 0 Å². The normalized spacial score (nSPS) is 10.3. The highest BCUT2D eigenvalue weighted by Crippen LogP contribution is 2.29. The highest BCUT2D eigenvalue weighted by Gasteiger charge is 2.12. The lowest BCUT2D eigenvalue weighted by atomic mass is 10.0. The first kappa shape index (κ1) is 17.7. The number of nitrogens with one attached hydrogen (secondary N) is 2. The van der Waals surface area contributed by atoms with Crippen molar-refractivity contribution in [3.63, 3.8) is 0 Å². The molecule has 2 N–H and O–H groups in total. The quantitative estimate of drug-likeness (QED) is 0.471. The van der Waals surface area contributed by atoms with E-state index in [4.69, 9.17) is 17.0 Å². The van der Waals surface area contributed by atoms with Crippen LogP contribution < -0.4 is 15.4 Å². The number of nitro benzene ring substituents is 1. The third-order valence-corrected chi connectivity index (χ3v) is 3.68. The summed E-state index contributed by atoms with van der Waals surface area (Å²) in [6, 6.07) is 12.2. The molecule has 0 heterocycles. The Kier molecular flexibility index (Phi) is 5.70. The molecule has 0 spiro atoms. The zero-order valence-electron chi connectivity index (χ0n) is 13.7. The van der Waals surface area contributed by atoms with Crippen molar-refractivity contribution in [1.82, 2.24) is 0 Å². The van der Waals surface area contributed by atoms with E-state index in [9.17, 15) is 10.1 Å². The highest BCUT2D eigenvalue weighted by atomic mass is 32.1. The predicted molar refractivity (Wildman–Crippen MR) is 100 cm³/mol. The summed E-state index contributed by atoms with van der Waals surface area (Å²) in [5.74, 6) is 0.929.